The molecule has 1 heteroatoms. The second kappa shape index (κ2) is 14.6. The molecule has 2 aliphatic rings. The molecule has 0 unspecified atom stereocenters. The molecule has 0 heterocycles. The Hall–Kier alpha value is -8.26. The molecule has 0 saturated carbocycles. The minimum atomic E-state index is -0.271. The molecule has 1 nitrogen and oxygen atoms in total. The maximum Gasteiger partial charge on any atom is 0.0540 e. The Morgan fingerprint density at radius 3 is 1.33 bits per heavy atom. The van der Waals surface area contributed by atoms with E-state index >= 15 is 0 Å². The van der Waals surface area contributed by atoms with Gasteiger partial charge in [-0.05, 0) is 158 Å². The Kier molecular flexibility index (Phi) is 8.45. The summed E-state index contributed by atoms with van der Waals surface area (Å²) < 4.78 is 0. The number of hydrogen-bond acceptors (Lipinski definition) is 1. The van der Waals surface area contributed by atoms with Gasteiger partial charge in [-0.2, -0.15) is 0 Å². The quantitative estimate of drug-likeness (QED) is 0.156. The highest BCUT2D eigenvalue weighted by atomic mass is 15.1. The molecule has 0 fully saturated rings. The number of fused-ring (bicyclic) bond motifs is 11. The van der Waals surface area contributed by atoms with Crippen LogP contribution in [0.5, 0.6) is 0 Å². The first kappa shape index (κ1) is 39.9. The lowest BCUT2D eigenvalue weighted by atomic mass is 9.79. The zero-order valence-electron chi connectivity index (χ0n) is 39.3. The molecule has 0 bridgehead atoms. The SMILES string of the molecule is CC1(C)c2ccccc2-c2cc(-c3c4ccccc4c(-c4ccc5c(c4)C(C)(C)c4cc(N(c6cccc7ccccc67)c6cccc7ccccc67)ccc4-5)c4cc5ccccc5cc34)ccc21. The van der Waals surface area contributed by atoms with Gasteiger partial charge in [0, 0.05) is 27.3 Å². The second-order valence-corrected chi connectivity index (χ2v) is 20.4. The first-order valence-electron chi connectivity index (χ1n) is 24.4. The summed E-state index contributed by atoms with van der Waals surface area (Å²) >= 11 is 0. The second-order valence-electron chi connectivity index (χ2n) is 20.4. The van der Waals surface area contributed by atoms with Crippen molar-refractivity contribution in [3.05, 3.63) is 247 Å². The smallest absolute Gasteiger partial charge is 0.0540 e. The number of nitrogens with zero attached hydrogens (tertiary/aromatic N) is 1. The molecule has 0 spiro atoms. The van der Waals surface area contributed by atoms with Crippen LogP contribution in [-0.4, -0.2) is 0 Å². The summed E-state index contributed by atoms with van der Waals surface area (Å²) in [4.78, 5) is 2.49. The van der Waals surface area contributed by atoms with Gasteiger partial charge in [0.15, 0.2) is 0 Å². The standard InChI is InChI=1S/C68H49N/c1-67(2)59-28-14-13-25-51(59)56-39-46(32-36-60(56)67)65-54-26-11-12-27-55(54)66(58-38-45-20-6-5-19-44(45)37-57(58)65)47-31-34-52-53-35-33-48(41-62(53)68(3,4)61(52)40-47)69(63-29-15-21-42-17-7-9-23-49(42)63)64-30-16-22-43-18-8-10-24-50(43)64/h5-41H,1-4H3. The number of benzene rings is 12. The minimum Gasteiger partial charge on any atom is -0.309 e. The van der Waals surface area contributed by atoms with Crippen LogP contribution in [0.3, 0.4) is 0 Å². The Labute approximate surface area is 403 Å². The summed E-state index contributed by atoms with van der Waals surface area (Å²) in [5, 5.41) is 12.5. The average Bonchev–Trinajstić information content (AvgIpc) is 3.75. The van der Waals surface area contributed by atoms with Gasteiger partial charge in [0.1, 0.15) is 0 Å². The zero-order valence-corrected chi connectivity index (χ0v) is 39.3. The molecule has 0 aromatic heterocycles. The van der Waals surface area contributed by atoms with Crippen LogP contribution in [0.2, 0.25) is 0 Å². The van der Waals surface area contributed by atoms with Crippen molar-refractivity contribution in [1.29, 1.82) is 0 Å². The lowest BCUT2D eigenvalue weighted by molar-refractivity contribution is 0.660. The fourth-order valence-electron chi connectivity index (χ4n) is 12.6. The minimum absolute atomic E-state index is 0.0514. The van der Waals surface area contributed by atoms with Crippen molar-refractivity contribution in [1.82, 2.24) is 0 Å². The fourth-order valence-corrected chi connectivity index (χ4v) is 12.6. The van der Waals surface area contributed by atoms with E-state index in [2.05, 4.69) is 257 Å². The van der Waals surface area contributed by atoms with Crippen LogP contribution in [0.4, 0.5) is 17.1 Å². The monoisotopic (exact) mass is 879 g/mol. The lowest BCUT2D eigenvalue weighted by Gasteiger charge is -2.30. The van der Waals surface area contributed by atoms with Crippen LogP contribution in [-0.2, 0) is 10.8 Å². The van der Waals surface area contributed by atoms with Crippen molar-refractivity contribution in [3.8, 4) is 44.5 Å². The summed E-state index contributed by atoms with van der Waals surface area (Å²) in [6.45, 7) is 9.58. The van der Waals surface area contributed by atoms with Gasteiger partial charge in [-0.1, -0.05) is 204 Å². The maximum atomic E-state index is 2.52. The Bertz CT molecular complexity index is 4060. The highest BCUT2D eigenvalue weighted by Gasteiger charge is 2.38. The van der Waals surface area contributed by atoms with E-state index in [4.69, 9.17) is 0 Å². The molecule has 14 rings (SSSR count). The van der Waals surface area contributed by atoms with Gasteiger partial charge >= 0.3 is 0 Å². The molecule has 12 aromatic carbocycles. The van der Waals surface area contributed by atoms with E-state index in [1.807, 2.05) is 0 Å². The predicted molar refractivity (Wildman–Crippen MR) is 295 cm³/mol. The van der Waals surface area contributed by atoms with Crippen molar-refractivity contribution >= 4 is 70.9 Å². The molecule has 0 aliphatic heterocycles. The Morgan fingerprint density at radius 1 is 0.275 bits per heavy atom. The molecular weight excluding hydrogens is 831 g/mol. The van der Waals surface area contributed by atoms with Crippen LogP contribution >= 0.6 is 0 Å². The Balaban J connectivity index is 0.959. The molecule has 0 amide bonds. The molecular formula is C68H49N. The van der Waals surface area contributed by atoms with Crippen LogP contribution < -0.4 is 4.90 Å². The topological polar surface area (TPSA) is 3.24 Å². The zero-order chi connectivity index (χ0) is 46.2. The van der Waals surface area contributed by atoms with E-state index in [9.17, 15) is 0 Å². The lowest BCUT2D eigenvalue weighted by Crippen LogP contribution is -2.17. The molecule has 0 N–H and O–H groups in total. The fraction of sp³-hybridized carbons (Fsp3) is 0.0882. The molecule has 2 aliphatic carbocycles. The molecule has 12 aromatic rings. The molecule has 326 valence electrons. The van der Waals surface area contributed by atoms with Crippen LogP contribution in [0.15, 0.2) is 224 Å². The largest absolute Gasteiger partial charge is 0.309 e. The number of hydrogen-bond donors (Lipinski definition) is 0. The van der Waals surface area contributed by atoms with Crippen LogP contribution in [0, 0.1) is 0 Å². The highest BCUT2D eigenvalue weighted by Crippen LogP contribution is 2.55. The number of anilines is 3. The van der Waals surface area contributed by atoms with Gasteiger partial charge in [0.2, 0.25) is 0 Å². The Morgan fingerprint density at radius 2 is 0.710 bits per heavy atom. The van der Waals surface area contributed by atoms with Crippen molar-refractivity contribution in [2.75, 3.05) is 4.90 Å². The molecule has 0 saturated heterocycles. The maximum absolute atomic E-state index is 2.52. The summed E-state index contributed by atoms with van der Waals surface area (Å²) in [6, 6.07) is 84.5. The van der Waals surface area contributed by atoms with E-state index in [1.54, 1.807) is 0 Å². The third kappa shape index (κ3) is 5.77. The van der Waals surface area contributed by atoms with Gasteiger partial charge in [-0.15, -0.1) is 0 Å². The van der Waals surface area contributed by atoms with E-state index in [-0.39, 0.29) is 10.8 Å². The van der Waals surface area contributed by atoms with Crippen molar-refractivity contribution < 1.29 is 0 Å². The van der Waals surface area contributed by atoms with Crippen LogP contribution in [0.25, 0.3) is 98.4 Å². The van der Waals surface area contributed by atoms with E-state index < -0.39 is 0 Å². The third-order valence-corrected chi connectivity index (χ3v) is 16.0. The summed E-state index contributed by atoms with van der Waals surface area (Å²) in [7, 11) is 0. The van der Waals surface area contributed by atoms with Gasteiger partial charge in [-0.25, -0.2) is 0 Å². The van der Waals surface area contributed by atoms with E-state index in [0.29, 0.717) is 0 Å². The van der Waals surface area contributed by atoms with E-state index in [1.165, 1.54) is 132 Å². The van der Waals surface area contributed by atoms with Crippen molar-refractivity contribution in [2.45, 2.75) is 38.5 Å². The summed E-state index contributed by atoms with van der Waals surface area (Å²) in [5.74, 6) is 0. The predicted octanol–water partition coefficient (Wildman–Crippen LogP) is 18.9. The van der Waals surface area contributed by atoms with Gasteiger partial charge in [-0.3, -0.25) is 0 Å². The third-order valence-electron chi connectivity index (χ3n) is 16.0. The number of rotatable bonds is 5. The van der Waals surface area contributed by atoms with Gasteiger partial charge in [0.25, 0.3) is 0 Å². The van der Waals surface area contributed by atoms with Crippen molar-refractivity contribution in [3.63, 3.8) is 0 Å². The normalized spacial score (nSPS) is 14.0. The molecule has 0 atom stereocenters. The molecule has 69 heavy (non-hydrogen) atoms. The van der Waals surface area contributed by atoms with Crippen molar-refractivity contribution in [2.24, 2.45) is 0 Å². The van der Waals surface area contributed by atoms with Crippen LogP contribution in [0.1, 0.15) is 49.9 Å². The van der Waals surface area contributed by atoms with Gasteiger partial charge in [0.05, 0.1) is 11.4 Å². The summed E-state index contributed by atoms with van der Waals surface area (Å²) in [6.07, 6.45) is 0. The first-order chi connectivity index (χ1) is 33.7. The average molecular weight is 880 g/mol. The highest BCUT2D eigenvalue weighted by molar-refractivity contribution is 6.24. The van der Waals surface area contributed by atoms with E-state index in [0.717, 1.165) is 5.69 Å². The summed E-state index contributed by atoms with van der Waals surface area (Å²) in [5.41, 5.74) is 19.1. The first-order valence-corrected chi connectivity index (χ1v) is 24.4. The van der Waals surface area contributed by atoms with Gasteiger partial charge < -0.3 is 4.90 Å². The molecule has 0 radical (unpaired) electrons.